The molecule has 0 aliphatic carbocycles. The molecule has 0 saturated heterocycles. The van der Waals surface area contributed by atoms with Crippen LogP contribution < -0.4 is 5.32 Å². The van der Waals surface area contributed by atoms with Gasteiger partial charge in [0.1, 0.15) is 5.82 Å². The number of amides is 2. The molecule has 4 nitrogen and oxygen atoms in total. The van der Waals surface area contributed by atoms with Crippen LogP contribution in [0.25, 0.3) is 10.4 Å². The molecule has 0 atom stereocenters. The maximum absolute atomic E-state index is 13.0. The number of benzene rings is 2. The lowest BCUT2D eigenvalue weighted by atomic mass is 10.1. The Kier molecular flexibility index (Phi) is 5.66. The molecule has 0 fully saturated rings. The minimum atomic E-state index is -0.286. The third kappa shape index (κ3) is 4.60. The van der Waals surface area contributed by atoms with Crippen molar-refractivity contribution in [1.82, 2.24) is 10.2 Å². The van der Waals surface area contributed by atoms with E-state index in [4.69, 9.17) is 0 Å². The topological polar surface area (TPSA) is 49.4 Å². The van der Waals surface area contributed by atoms with Crippen molar-refractivity contribution in [3.05, 3.63) is 82.5 Å². The summed E-state index contributed by atoms with van der Waals surface area (Å²) in [6.07, 6.45) is 0. The Bertz CT molecular complexity index is 947. The first-order chi connectivity index (χ1) is 12.9. The first kappa shape index (κ1) is 18.8. The molecular weight excluding hydrogens is 363 g/mol. The van der Waals surface area contributed by atoms with E-state index in [0.29, 0.717) is 17.0 Å². The highest BCUT2D eigenvalue weighted by Crippen LogP contribution is 2.28. The van der Waals surface area contributed by atoms with E-state index in [1.165, 1.54) is 28.4 Å². The van der Waals surface area contributed by atoms with Crippen LogP contribution in [-0.2, 0) is 6.54 Å². The van der Waals surface area contributed by atoms with E-state index in [0.717, 1.165) is 16.0 Å². The van der Waals surface area contributed by atoms with Gasteiger partial charge in [-0.15, -0.1) is 11.3 Å². The monoisotopic (exact) mass is 382 g/mol. The lowest BCUT2D eigenvalue weighted by Gasteiger charge is -2.10. The lowest BCUT2D eigenvalue weighted by molar-refractivity contribution is 0.0827. The summed E-state index contributed by atoms with van der Waals surface area (Å²) < 4.78 is 13.0. The lowest BCUT2D eigenvalue weighted by Crippen LogP contribution is -2.23. The summed E-state index contributed by atoms with van der Waals surface area (Å²) in [6.45, 7) is 0.374. The minimum absolute atomic E-state index is 0.0579. The Morgan fingerprint density at radius 3 is 2.26 bits per heavy atom. The number of nitrogens with zero attached hydrogens (tertiary/aromatic N) is 1. The van der Waals surface area contributed by atoms with Crippen LogP contribution in [0.2, 0.25) is 0 Å². The second kappa shape index (κ2) is 8.14. The summed E-state index contributed by atoms with van der Waals surface area (Å²) >= 11 is 1.36. The van der Waals surface area contributed by atoms with E-state index >= 15 is 0 Å². The highest BCUT2D eigenvalue weighted by atomic mass is 32.1. The van der Waals surface area contributed by atoms with Crippen LogP contribution in [0.4, 0.5) is 4.39 Å². The summed E-state index contributed by atoms with van der Waals surface area (Å²) in [5.74, 6) is -0.508. The molecule has 0 bridgehead atoms. The number of carbonyl (C=O) groups excluding carboxylic acids is 2. The van der Waals surface area contributed by atoms with Gasteiger partial charge in [0.2, 0.25) is 0 Å². The second-order valence-corrected chi connectivity index (χ2v) is 7.33. The van der Waals surface area contributed by atoms with Crippen molar-refractivity contribution in [1.29, 1.82) is 0 Å². The number of rotatable bonds is 5. The van der Waals surface area contributed by atoms with Gasteiger partial charge in [-0.2, -0.15) is 0 Å². The molecule has 3 aromatic rings. The van der Waals surface area contributed by atoms with Crippen molar-refractivity contribution in [2.24, 2.45) is 0 Å². The van der Waals surface area contributed by atoms with Gasteiger partial charge in [0.15, 0.2) is 0 Å². The van der Waals surface area contributed by atoms with E-state index in [9.17, 15) is 14.0 Å². The highest BCUT2D eigenvalue weighted by Gasteiger charge is 2.11. The molecule has 2 aromatic carbocycles. The second-order valence-electron chi connectivity index (χ2n) is 6.25. The Morgan fingerprint density at radius 2 is 1.63 bits per heavy atom. The van der Waals surface area contributed by atoms with Crippen LogP contribution in [0.1, 0.15) is 25.6 Å². The molecule has 0 spiro atoms. The van der Waals surface area contributed by atoms with E-state index in [-0.39, 0.29) is 17.6 Å². The number of nitrogens with one attached hydrogen (secondary N) is 1. The summed E-state index contributed by atoms with van der Waals surface area (Å²) in [5, 5.41) is 2.88. The predicted molar refractivity (Wildman–Crippen MR) is 105 cm³/mol. The van der Waals surface area contributed by atoms with E-state index in [1.807, 2.05) is 18.2 Å². The van der Waals surface area contributed by atoms with Gasteiger partial charge in [-0.3, -0.25) is 9.59 Å². The van der Waals surface area contributed by atoms with Gasteiger partial charge in [-0.05, 0) is 47.5 Å². The van der Waals surface area contributed by atoms with Gasteiger partial charge in [0.05, 0.1) is 4.88 Å². The molecule has 1 N–H and O–H groups in total. The molecule has 1 heterocycles. The largest absolute Gasteiger partial charge is 0.347 e. The number of halogens is 1. The zero-order valence-corrected chi connectivity index (χ0v) is 15.8. The normalized spacial score (nSPS) is 10.5. The third-order valence-corrected chi connectivity index (χ3v) is 5.15. The quantitative estimate of drug-likeness (QED) is 0.719. The molecular formula is C21H19FN2O2S. The standard InChI is InChI=1S/C21H19FN2O2S/c1-24(2)21(26)16-5-3-14(4-6-16)13-23-20(25)19-12-11-18(27-19)15-7-9-17(22)10-8-15/h3-12H,13H2,1-2H3,(H,23,25). The van der Waals surface area contributed by atoms with Crippen molar-refractivity contribution in [2.45, 2.75) is 6.54 Å². The van der Waals surface area contributed by atoms with Gasteiger partial charge >= 0.3 is 0 Å². The summed E-state index contributed by atoms with van der Waals surface area (Å²) in [6, 6.07) is 17.0. The fourth-order valence-electron chi connectivity index (χ4n) is 2.52. The summed E-state index contributed by atoms with van der Waals surface area (Å²) in [5.41, 5.74) is 2.40. The Morgan fingerprint density at radius 1 is 0.963 bits per heavy atom. The Balaban J connectivity index is 1.61. The molecule has 6 heteroatoms. The van der Waals surface area contributed by atoms with Crippen molar-refractivity contribution in [2.75, 3.05) is 14.1 Å². The molecule has 0 aliphatic heterocycles. The molecule has 1 aromatic heterocycles. The van der Waals surface area contributed by atoms with Gasteiger partial charge in [-0.1, -0.05) is 24.3 Å². The Labute approximate surface area is 161 Å². The number of thiophene rings is 1. The van der Waals surface area contributed by atoms with Crippen LogP contribution in [0.5, 0.6) is 0 Å². The van der Waals surface area contributed by atoms with Crippen molar-refractivity contribution < 1.29 is 14.0 Å². The molecule has 27 heavy (non-hydrogen) atoms. The SMILES string of the molecule is CN(C)C(=O)c1ccc(CNC(=O)c2ccc(-c3ccc(F)cc3)s2)cc1. The van der Waals surface area contributed by atoms with Crippen LogP contribution in [0, 0.1) is 5.82 Å². The van der Waals surface area contributed by atoms with E-state index in [1.54, 1.807) is 44.4 Å². The van der Waals surface area contributed by atoms with Crippen molar-refractivity contribution in [3.8, 4) is 10.4 Å². The molecule has 3 rings (SSSR count). The first-order valence-corrected chi connectivity index (χ1v) is 9.20. The Hall–Kier alpha value is -2.99. The predicted octanol–water partition coefficient (Wildman–Crippen LogP) is 4.19. The number of hydrogen-bond donors (Lipinski definition) is 1. The molecule has 0 radical (unpaired) electrons. The smallest absolute Gasteiger partial charge is 0.261 e. The maximum Gasteiger partial charge on any atom is 0.261 e. The summed E-state index contributed by atoms with van der Waals surface area (Å²) in [7, 11) is 3.41. The third-order valence-electron chi connectivity index (χ3n) is 4.02. The number of carbonyl (C=O) groups is 2. The van der Waals surface area contributed by atoms with Gasteiger partial charge in [-0.25, -0.2) is 4.39 Å². The van der Waals surface area contributed by atoms with Crippen LogP contribution in [0.3, 0.4) is 0 Å². The molecule has 2 amide bonds. The zero-order valence-electron chi connectivity index (χ0n) is 15.0. The van der Waals surface area contributed by atoms with Gasteiger partial charge in [0.25, 0.3) is 11.8 Å². The van der Waals surface area contributed by atoms with Crippen LogP contribution in [0.15, 0.2) is 60.7 Å². The summed E-state index contributed by atoms with van der Waals surface area (Å²) in [4.78, 5) is 27.3. The maximum atomic E-state index is 13.0. The highest BCUT2D eigenvalue weighted by molar-refractivity contribution is 7.17. The molecule has 0 aliphatic rings. The van der Waals surface area contributed by atoms with Gasteiger partial charge in [0, 0.05) is 31.1 Å². The van der Waals surface area contributed by atoms with Crippen LogP contribution >= 0.6 is 11.3 Å². The average Bonchev–Trinajstić information content (AvgIpc) is 3.16. The molecule has 0 saturated carbocycles. The van der Waals surface area contributed by atoms with E-state index in [2.05, 4.69) is 5.32 Å². The minimum Gasteiger partial charge on any atom is -0.347 e. The van der Waals surface area contributed by atoms with Crippen molar-refractivity contribution >= 4 is 23.2 Å². The first-order valence-electron chi connectivity index (χ1n) is 8.38. The van der Waals surface area contributed by atoms with Gasteiger partial charge < -0.3 is 10.2 Å². The number of hydrogen-bond acceptors (Lipinski definition) is 3. The zero-order chi connectivity index (χ0) is 19.4. The fraction of sp³-hybridized carbons (Fsp3) is 0.143. The fourth-order valence-corrected chi connectivity index (χ4v) is 3.45. The molecule has 0 unspecified atom stereocenters. The van der Waals surface area contributed by atoms with E-state index < -0.39 is 0 Å². The van der Waals surface area contributed by atoms with Crippen LogP contribution in [-0.4, -0.2) is 30.8 Å². The molecule has 138 valence electrons. The van der Waals surface area contributed by atoms with Crippen molar-refractivity contribution in [3.63, 3.8) is 0 Å². The average molecular weight is 382 g/mol.